The standard InChI is InChI=1S/C13H13F3N2O4/c1-8(19)18-10-4-2-3-9(5-10)12(21)22-6-11(20)17-7-13(14,15)16/h2-5H,6-7H2,1H3,(H,17,20)(H,18,19). The molecule has 0 heterocycles. The van der Waals surface area contributed by atoms with Crippen LogP contribution in [-0.2, 0) is 14.3 Å². The highest BCUT2D eigenvalue weighted by atomic mass is 19.4. The van der Waals surface area contributed by atoms with Crippen LogP contribution in [0.4, 0.5) is 18.9 Å². The first-order valence-corrected chi connectivity index (χ1v) is 6.05. The highest BCUT2D eigenvalue weighted by Gasteiger charge is 2.27. The Morgan fingerprint density at radius 2 is 1.91 bits per heavy atom. The molecular formula is C13H13F3N2O4. The topological polar surface area (TPSA) is 84.5 Å². The summed E-state index contributed by atoms with van der Waals surface area (Å²) in [6, 6.07) is 5.71. The van der Waals surface area contributed by atoms with Gasteiger partial charge in [0.25, 0.3) is 5.91 Å². The van der Waals surface area contributed by atoms with Gasteiger partial charge in [-0.15, -0.1) is 0 Å². The Morgan fingerprint density at radius 1 is 1.23 bits per heavy atom. The molecule has 0 aliphatic carbocycles. The van der Waals surface area contributed by atoms with Gasteiger partial charge in [0.1, 0.15) is 6.54 Å². The largest absolute Gasteiger partial charge is 0.452 e. The third kappa shape index (κ3) is 6.73. The summed E-state index contributed by atoms with van der Waals surface area (Å²) < 4.78 is 40.2. The minimum Gasteiger partial charge on any atom is -0.452 e. The molecular weight excluding hydrogens is 305 g/mol. The molecule has 0 unspecified atom stereocenters. The van der Waals surface area contributed by atoms with Gasteiger partial charge in [-0.2, -0.15) is 13.2 Å². The average Bonchev–Trinajstić information content (AvgIpc) is 2.41. The summed E-state index contributed by atoms with van der Waals surface area (Å²) in [6.45, 7) is -1.04. The Labute approximate surface area is 123 Å². The fourth-order valence-electron chi connectivity index (χ4n) is 1.39. The second kappa shape index (κ2) is 7.43. The van der Waals surface area contributed by atoms with Crippen molar-refractivity contribution in [1.29, 1.82) is 0 Å². The lowest BCUT2D eigenvalue weighted by Crippen LogP contribution is -2.36. The fraction of sp³-hybridized carbons (Fsp3) is 0.308. The number of carbonyl (C=O) groups is 3. The molecule has 0 aliphatic rings. The number of halogens is 3. The molecule has 2 amide bonds. The van der Waals surface area contributed by atoms with E-state index in [4.69, 9.17) is 0 Å². The van der Waals surface area contributed by atoms with Crippen molar-refractivity contribution < 1.29 is 32.3 Å². The Kier molecular flexibility index (Phi) is 5.90. The molecule has 0 aromatic heterocycles. The second-order valence-electron chi connectivity index (χ2n) is 4.23. The van der Waals surface area contributed by atoms with E-state index < -0.39 is 31.2 Å². The normalized spacial score (nSPS) is 10.7. The first kappa shape index (κ1) is 17.5. The molecule has 0 atom stereocenters. The van der Waals surface area contributed by atoms with E-state index in [9.17, 15) is 27.6 Å². The van der Waals surface area contributed by atoms with Crippen molar-refractivity contribution in [1.82, 2.24) is 5.32 Å². The number of benzene rings is 1. The predicted molar refractivity (Wildman–Crippen MR) is 70.1 cm³/mol. The van der Waals surface area contributed by atoms with Crippen molar-refractivity contribution in [2.75, 3.05) is 18.5 Å². The van der Waals surface area contributed by atoms with Gasteiger partial charge in [-0.3, -0.25) is 9.59 Å². The highest BCUT2D eigenvalue weighted by Crippen LogP contribution is 2.13. The Hall–Kier alpha value is -2.58. The first-order valence-electron chi connectivity index (χ1n) is 6.05. The number of nitrogens with one attached hydrogen (secondary N) is 2. The number of carbonyl (C=O) groups excluding carboxylic acids is 3. The molecule has 1 aromatic carbocycles. The zero-order chi connectivity index (χ0) is 16.8. The molecule has 1 aromatic rings. The summed E-state index contributed by atoms with van der Waals surface area (Å²) in [7, 11) is 0. The van der Waals surface area contributed by atoms with Crippen LogP contribution in [0.1, 0.15) is 17.3 Å². The zero-order valence-electron chi connectivity index (χ0n) is 11.5. The van der Waals surface area contributed by atoms with Gasteiger partial charge in [-0.05, 0) is 18.2 Å². The van der Waals surface area contributed by atoms with E-state index in [2.05, 4.69) is 10.1 Å². The zero-order valence-corrected chi connectivity index (χ0v) is 11.5. The Bertz CT molecular complexity index is 573. The fourth-order valence-corrected chi connectivity index (χ4v) is 1.39. The van der Waals surface area contributed by atoms with E-state index in [-0.39, 0.29) is 11.5 Å². The van der Waals surface area contributed by atoms with Crippen molar-refractivity contribution in [3.05, 3.63) is 29.8 Å². The monoisotopic (exact) mass is 318 g/mol. The van der Waals surface area contributed by atoms with Gasteiger partial charge in [0.05, 0.1) is 5.56 Å². The van der Waals surface area contributed by atoms with Crippen LogP contribution in [0.25, 0.3) is 0 Å². The average molecular weight is 318 g/mol. The summed E-state index contributed by atoms with van der Waals surface area (Å²) in [5.41, 5.74) is 0.401. The molecule has 1 rings (SSSR count). The lowest BCUT2D eigenvalue weighted by molar-refractivity contribution is -0.140. The van der Waals surface area contributed by atoms with Crippen LogP contribution in [0.3, 0.4) is 0 Å². The van der Waals surface area contributed by atoms with Crippen molar-refractivity contribution in [3.8, 4) is 0 Å². The Balaban J connectivity index is 2.52. The number of alkyl halides is 3. The third-order valence-corrected chi connectivity index (χ3v) is 2.24. The van der Waals surface area contributed by atoms with Crippen molar-refractivity contribution >= 4 is 23.5 Å². The molecule has 0 bridgehead atoms. The van der Waals surface area contributed by atoms with Crippen LogP contribution in [-0.4, -0.2) is 37.1 Å². The van der Waals surface area contributed by atoms with Crippen LogP contribution in [0, 0.1) is 0 Å². The predicted octanol–water partition coefficient (Wildman–Crippen LogP) is 1.48. The maximum Gasteiger partial charge on any atom is 0.405 e. The number of amides is 2. The molecule has 9 heteroatoms. The number of hydrogen-bond acceptors (Lipinski definition) is 4. The van der Waals surface area contributed by atoms with E-state index in [0.717, 1.165) is 0 Å². The number of anilines is 1. The molecule has 0 saturated carbocycles. The van der Waals surface area contributed by atoms with E-state index in [1.54, 1.807) is 5.32 Å². The first-order chi connectivity index (χ1) is 10.2. The summed E-state index contributed by atoms with van der Waals surface area (Å²) in [4.78, 5) is 33.6. The van der Waals surface area contributed by atoms with Gasteiger partial charge in [-0.1, -0.05) is 6.07 Å². The number of ether oxygens (including phenoxy) is 1. The van der Waals surface area contributed by atoms with Crippen LogP contribution in [0.15, 0.2) is 24.3 Å². The van der Waals surface area contributed by atoms with E-state index in [1.165, 1.54) is 31.2 Å². The van der Waals surface area contributed by atoms with Crippen LogP contribution in [0.5, 0.6) is 0 Å². The van der Waals surface area contributed by atoms with Crippen LogP contribution < -0.4 is 10.6 Å². The molecule has 0 spiro atoms. The lowest BCUT2D eigenvalue weighted by Gasteiger charge is -2.09. The molecule has 0 saturated heterocycles. The van der Waals surface area contributed by atoms with E-state index in [1.807, 2.05) is 0 Å². The SMILES string of the molecule is CC(=O)Nc1cccc(C(=O)OCC(=O)NCC(F)(F)F)c1. The minimum absolute atomic E-state index is 0.0508. The smallest absolute Gasteiger partial charge is 0.405 e. The molecule has 22 heavy (non-hydrogen) atoms. The minimum atomic E-state index is -4.54. The van der Waals surface area contributed by atoms with Gasteiger partial charge >= 0.3 is 12.1 Å². The third-order valence-electron chi connectivity index (χ3n) is 2.24. The van der Waals surface area contributed by atoms with Crippen LogP contribution in [0.2, 0.25) is 0 Å². The Morgan fingerprint density at radius 3 is 2.50 bits per heavy atom. The maximum atomic E-state index is 11.9. The molecule has 0 aliphatic heterocycles. The maximum absolute atomic E-state index is 11.9. The van der Waals surface area contributed by atoms with Gasteiger partial charge in [0.2, 0.25) is 5.91 Å². The quantitative estimate of drug-likeness (QED) is 0.806. The second-order valence-corrected chi connectivity index (χ2v) is 4.23. The van der Waals surface area contributed by atoms with Gasteiger partial charge in [0.15, 0.2) is 6.61 Å². The number of rotatable bonds is 5. The number of esters is 1. The molecule has 6 nitrogen and oxygen atoms in total. The van der Waals surface area contributed by atoms with E-state index >= 15 is 0 Å². The van der Waals surface area contributed by atoms with Gasteiger partial charge < -0.3 is 15.4 Å². The van der Waals surface area contributed by atoms with Crippen molar-refractivity contribution in [2.24, 2.45) is 0 Å². The van der Waals surface area contributed by atoms with E-state index in [0.29, 0.717) is 5.69 Å². The highest BCUT2D eigenvalue weighted by molar-refractivity contribution is 5.94. The summed E-state index contributed by atoms with van der Waals surface area (Å²) >= 11 is 0. The summed E-state index contributed by atoms with van der Waals surface area (Å²) in [6.07, 6.45) is -4.54. The van der Waals surface area contributed by atoms with Crippen molar-refractivity contribution in [3.63, 3.8) is 0 Å². The summed E-state index contributed by atoms with van der Waals surface area (Å²) in [5, 5.41) is 4.02. The molecule has 2 N–H and O–H groups in total. The molecule has 0 fully saturated rings. The molecule has 0 radical (unpaired) electrons. The van der Waals surface area contributed by atoms with Gasteiger partial charge in [-0.25, -0.2) is 4.79 Å². The van der Waals surface area contributed by atoms with Gasteiger partial charge in [0, 0.05) is 12.6 Å². The molecule has 120 valence electrons. The van der Waals surface area contributed by atoms with Crippen LogP contribution >= 0.6 is 0 Å². The lowest BCUT2D eigenvalue weighted by atomic mass is 10.2. The summed E-state index contributed by atoms with van der Waals surface area (Å²) in [5.74, 6) is -2.30. The number of hydrogen-bond donors (Lipinski definition) is 2. The van der Waals surface area contributed by atoms with Crippen molar-refractivity contribution in [2.45, 2.75) is 13.1 Å².